The first kappa shape index (κ1) is 25.3. The number of benzene rings is 1. The molecule has 2 unspecified atom stereocenters. The minimum atomic E-state index is -3.53. The second-order valence-electron chi connectivity index (χ2n) is 13.0. The molecule has 0 radical (unpaired) electrons. The van der Waals surface area contributed by atoms with Crippen molar-refractivity contribution in [3.05, 3.63) is 52.4 Å². The van der Waals surface area contributed by atoms with Crippen LogP contribution in [0.1, 0.15) is 75.6 Å². The van der Waals surface area contributed by atoms with Crippen LogP contribution in [0.5, 0.6) is 0 Å². The predicted octanol–water partition coefficient (Wildman–Crippen LogP) is 5.34. The molecule has 7 nitrogen and oxygen atoms in total. The Bertz CT molecular complexity index is 1330. The molecule has 198 valence electrons. The molecular formula is C28H35ClN4O3S. The molecular weight excluding hydrogens is 508 g/mol. The molecule has 1 amide bonds. The molecule has 7 rings (SSSR count). The van der Waals surface area contributed by atoms with Crippen LogP contribution in [0.25, 0.3) is 0 Å². The van der Waals surface area contributed by atoms with Crippen LogP contribution in [0.15, 0.2) is 30.6 Å². The fourth-order valence-electron chi connectivity index (χ4n) is 8.96. The maximum atomic E-state index is 13.4. The van der Waals surface area contributed by atoms with E-state index in [9.17, 15) is 13.2 Å². The number of anilines is 1. The zero-order valence-electron chi connectivity index (χ0n) is 21.6. The van der Waals surface area contributed by atoms with Gasteiger partial charge in [-0.2, -0.15) is 4.31 Å². The molecule has 2 aromatic rings. The summed E-state index contributed by atoms with van der Waals surface area (Å²) < 4.78 is 27.7. The summed E-state index contributed by atoms with van der Waals surface area (Å²) in [4.78, 5) is 22.1. The zero-order valence-corrected chi connectivity index (χ0v) is 23.2. The zero-order chi connectivity index (χ0) is 26.1. The number of rotatable bonds is 6. The Morgan fingerprint density at radius 1 is 1.08 bits per heavy atom. The second kappa shape index (κ2) is 8.75. The highest BCUT2D eigenvalue weighted by atomic mass is 35.5. The van der Waals surface area contributed by atoms with Gasteiger partial charge in [-0.15, -0.1) is 0 Å². The van der Waals surface area contributed by atoms with Gasteiger partial charge in [0.15, 0.2) is 0 Å². The summed E-state index contributed by atoms with van der Waals surface area (Å²) in [5, 5.41) is 3.67. The number of halogens is 1. The molecule has 0 saturated heterocycles. The van der Waals surface area contributed by atoms with Crippen molar-refractivity contribution in [1.29, 1.82) is 0 Å². The van der Waals surface area contributed by atoms with Gasteiger partial charge in [0, 0.05) is 23.6 Å². The highest BCUT2D eigenvalue weighted by Crippen LogP contribution is 2.70. The molecule has 2 atom stereocenters. The van der Waals surface area contributed by atoms with Gasteiger partial charge in [0.05, 0.1) is 18.0 Å². The van der Waals surface area contributed by atoms with Crippen molar-refractivity contribution in [3.8, 4) is 0 Å². The smallest absolute Gasteiger partial charge is 0.226 e. The van der Waals surface area contributed by atoms with Crippen molar-refractivity contribution in [2.24, 2.45) is 22.2 Å². The highest BCUT2D eigenvalue weighted by molar-refractivity contribution is 7.88. The Morgan fingerprint density at radius 2 is 1.78 bits per heavy atom. The maximum absolute atomic E-state index is 13.4. The van der Waals surface area contributed by atoms with E-state index in [0.29, 0.717) is 52.3 Å². The molecule has 5 aliphatic rings. The number of aromatic nitrogens is 2. The van der Waals surface area contributed by atoms with E-state index in [1.54, 1.807) is 24.3 Å². The Kier molecular flexibility index (Phi) is 5.97. The van der Waals surface area contributed by atoms with Crippen molar-refractivity contribution >= 4 is 33.3 Å². The standard InChI is InChI=1S/C28H35ClN4O3S/c1-26-9-20-10-27(2,15-26)17-28(11-20,16-26)12-24(34)32-25-22-7-8-33(13-23(22)30-18-31-25)37(35,36)14-19-3-5-21(29)6-4-19/h3-6,18,20H,7-17H2,1-2H3,(H,30,31,32,34). The van der Waals surface area contributed by atoms with Gasteiger partial charge in [0.1, 0.15) is 12.1 Å². The predicted molar refractivity (Wildman–Crippen MR) is 143 cm³/mol. The second-order valence-corrected chi connectivity index (χ2v) is 15.4. The lowest BCUT2D eigenvalue weighted by Gasteiger charge is -2.65. The quantitative estimate of drug-likeness (QED) is 0.531. The number of nitrogens with one attached hydrogen (secondary N) is 1. The number of nitrogens with zero attached hydrogens (tertiary/aromatic N) is 3. The minimum Gasteiger partial charge on any atom is -0.310 e. The maximum Gasteiger partial charge on any atom is 0.226 e. The van der Waals surface area contributed by atoms with Crippen molar-refractivity contribution in [2.45, 2.75) is 77.5 Å². The van der Waals surface area contributed by atoms with Crippen molar-refractivity contribution < 1.29 is 13.2 Å². The highest BCUT2D eigenvalue weighted by Gasteiger charge is 2.60. The van der Waals surface area contributed by atoms with Gasteiger partial charge in [0.25, 0.3) is 0 Å². The topological polar surface area (TPSA) is 92.3 Å². The Balaban J connectivity index is 1.15. The Morgan fingerprint density at radius 3 is 2.46 bits per heavy atom. The molecule has 1 aromatic heterocycles. The fourth-order valence-corrected chi connectivity index (χ4v) is 10.6. The van der Waals surface area contributed by atoms with E-state index in [1.165, 1.54) is 29.9 Å². The molecule has 0 spiro atoms. The van der Waals surface area contributed by atoms with Crippen LogP contribution in [-0.2, 0) is 33.5 Å². The van der Waals surface area contributed by atoms with Crippen LogP contribution in [-0.4, -0.2) is 35.1 Å². The van der Waals surface area contributed by atoms with Crippen molar-refractivity contribution in [3.63, 3.8) is 0 Å². The molecule has 9 heteroatoms. The summed E-state index contributed by atoms with van der Waals surface area (Å²) in [5.41, 5.74) is 3.02. The molecule has 4 saturated carbocycles. The summed E-state index contributed by atoms with van der Waals surface area (Å²) in [7, 11) is -3.53. The molecule has 37 heavy (non-hydrogen) atoms. The minimum absolute atomic E-state index is 0.0211. The fraction of sp³-hybridized carbons (Fsp3) is 0.607. The third-order valence-corrected chi connectivity index (χ3v) is 11.2. The lowest BCUT2D eigenvalue weighted by atomic mass is 9.40. The van der Waals surface area contributed by atoms with Gasteiger partial charge in [-0.3, -0.25) is 4.79 Å². The number of carbonyl (C=O) groups excluding carboxylic acids is 1. The summed E-state index contributed by atoms with van der Waals surface area (Å²) in [6.07, 6.45) is 9.78. The average Bonchev–Trinajstić information content (AvgIpc) is 2.77. The molecule has 4 fully saturated rings. The van der Waals surface area contributed by atoms with Crippen LogP contribution >= 0.6 is 11.6 Å². The average molecular weight is 543 g/mol. The Labute approximate surface area is 224 Å². The summed E-state index contributed by atoms with van der Waals surface area (Å²) in [6.45, 7) is 5.37. The third-order valence-electron chi connectivity index (χ3n) is 9.16. The van der Waals surface area contributed by atoms with Gasteiger partial charge in [-0.05, 0) is 84.8 Å². The van der Waals surface area contributed by atoms with Gasteiger partial charge >= 0.3 is 0 Å². The molecule has 2 heterocycles. The number of carbonyl (C=O) groups is 1. The van der Waals surface area contributed by atoms with Gasteiger partial charge in [0.2, 0.25) is 15.9 Å². The first-order chi connectivity index (χ1) is 17.4. The van der Waals surface area contributed by atoms with E-state index >= 15 is 0 Å². The number of fused-ring (bicyclic) bond motifs is 1. The van der Waals surface area contributed by atoms with Gasteiger partial charge in [-0.1, -0.05) is 37.6 Å². The number of hydrogen-bond donors (Lipinski definition) is 1. The first-order valence-corrected chi connectivity index (χ1v) is 15.3. The van der Waals surface area contributed by atoms with Crippen LogP contribution in [0, 0.1) is 22.2 Å². The lowest BCUT2D eigenvalue weighted by Crippen LogP contribution is -2.55. The monoisotopic (exact) mass is 542 g/mol. The van der Waals surface area contributed by atoms with E-state index in [0.717, 1.165) is 30.7 Å². The molecule has 4 aliphatic carbocycles. The van der Waals surface area contributed by atoms with E-state index in [-0.39, 0.29) is 23.6 Å². The summed E-state index contributed by atoms with van der Waals surface area (Å²) in [6, 6.07) is 6.87. The Hall–Kier alpha value is -2.03. The van der Waals surface area contributed by atoms with Crippen LogP contribution < -0.4 is 5.32 Å². The van der Waals surface area contributed by atoms with Crippen LogP contribution in [0.3, 0.4) is 0 Å². The third kappa shape index (κ3) is 4.92. The normalized spacial score (nSPS) is 32.8. The summed E-state index contributed by atoms with van der Waals surface area (Å²) >= 11 is 5.93. The van der Waals surface area contributed by atoms with E-state index in [1.807, 2.05) is 0 Å². The van der Waals surface area contributed by atoms with Crippen molar-refractivity contribution in [1.82, 2.24) is 14.3 Å². The van der Waals surface area contributed by atoms with E-state index in [2.05, 4.69) is 29.1 Å². The number of amides is 1. The van der Waals surface area contributed by atoms with Crippen LogP contribution in [0.4, 0.5) is 5.82 Å². The largest absolute Gasteiger partial charge is 0.310 e. The lowest BCUT2D eigenvalue weighted by molar-refractivity contribution is -0.153. The molecule has 1 N–H and O–H groups in total. The van der Waals surface area contributed by atoms with Gasteiger partial charge in [-0.25, -0.2) is 18.4 Å². The van der Waals surface area contributed by atoms with Crippen LogP contribution in [0.2, 0.25) is 5.02 Å². The van der Waals surface area contributed by atoms with Gasteiger partial charge < -0.3 is 5.32 Å². The summed E-state index contributed by atoms with van der Waals surface area (Å²) in [5.74, 6) is 1.21. The first-order valence-electron chi connectivity index (χ1n) is 13.3. The molecule has 1 aliphatic heterocycles. The molecule has 1 aromatic carbocycles. The SMILES string of the molecule is CC12CC3CC(C)(C1)CC(CC(=O)Nc1ncnc4c1CCN(S(=O)(=O)Cc1ccc(Cl)cc1)C4)(C3)C2. The number of sulfonamides is 1. The molecule has 4 bridgehead atoms. The van der Waals surface area contributed by atoms with Crippen molar-refractivity contribution in [2.75, 3.05) is 11.9 Å². The van der Waals surface area contributed by atoms with E-state index < -0.39 is 10.0 Å². The number of hydrogen-bond acceptors (Lipinski definition) is 5. The van der Waals surface area contributed by atoms with E-state index in [4.69, 9.17) is 11.6 Å².